The number of hydrogen-bond acceptors (Lipinski definition) is 5. The van der Waals surface area contributed by atoms with Gasteiger partial charge in [0.05, 0.1) is 33.3 Å². The smallest absolute Gasteiger partial charge is 0.265 e. The van der Waals surface area contributed by atoms with Gasteiger partial charge in [0, 0.05) is 11.2 Å². The van der Waals surface area contributed by atoms with Crippen LogP contribution in [0.5, 0.6) is 5.75 Å². The fourth-order valence-electron chi connectivity index (χ4n) is 3.41. The lowest BCUT2D eigenvalue weighted by Gasteiger charge is -2.23. The molecule has 33 heavy (non-hydrogen) atoms. The van der Waals surface area contributed by atoms with Crippen molar-refractivity contribution in [2.24, 2.45) is 0 Å². The summed E-state index contributed by atoms with van der Waals surface area (Å²) in [6.07, 6.45) is 0. The van der Waals surface area contributed by atoms with Gasteiger partial charge in [0.25, 0.3) is 15.9 Å². The molecule has 0 fully saturated rings. The molecule has 1 N–H and O–H groups in total. The van der Waals surface area contributed by atoms with Gasteiger partial charge in [-0.1, -0.05) is 23.7 Å². The Labute approximate surface area is 201 Å². The van der Waals surface area contributed by atoms with E-state index in [0.717, 1.165) is 10.1 Å². The lowest BCUT2D eigenvalue weighted by atomic mass is 10.2. The number of methoxy groups -OCH3 is 1. The number of carbonyl (C=O) groups excluding carboxylic acids is 1. The molecule has 6 nitrogen and oxygen atoms in total. The zero-order valence-corrected chi connectivity index (χ0v) is 20.3. The molecule has 4 aromatic rings. The second-order valence-electron chi connectivity index (χ2n) is 7.11. The Bertz CT molecular complexity index is 1420. The molecule has 1 aromatic heterocycles. The number of hydrogen-bond donors (Lipinski definition) is 1. The van der Waals surface area contributed by atoms with E-state index in [4.69, 9.17) is 16.3 Å². The fraction of sp³-hybridized carbons (Fsp3) is 0.125. The summed E-state index contributed by atoms with van der Waals surface area (Å²) in [7, 11) is -2.24. The maximum absolute atomic E-state index is 13.3. The predicted octanol–water partition coefficient (Wildman–Crippen LogP) is 6.03. The maximum atomic E-state index is 13.3. The van der Waals surface area contributed by atoms with Crippen LogP contribution >= 0.6 is 22.9 Å². The number of fused-ring (bicyclic) bond motifs is 1. The number of anilines is 2. The monoisotopic (exact) mass is 500 g/mol. The number of nitrogens with zero attached hydrogens (tertiary/aromatic N) is 1. The van der Waals surface area contributed by atoms with Crippen LogP contribution in [0.25, 0.3) is 10.1 Å². The van der Waals surface area contributed by atoms with Gasteiger partial charge < -0.3 is 10.1 Å². The van der Waals surface area contributed by atoms with Gasteiger partial charge in [-0.25, -0.2) is 8.42 Å². The summed E-state index contributed by atoms with van der Waals surface area (Å²) in [5.74, 6) is 0.309. The number of amides is 1. The number of nitrogens with one attached hydrogen (secondary N) is 1. The minimum atomic E-state index is -3.77. The molecule has 170 valence electrons. The van der Waals surface area contributed by atoms with Crippen LogP contribution in [-0.2, 0) is 10.0 Å². The molecule has 0 atom stereocenters. The maximum Gasteiger partial charge on any atom is 0.265 e. The molecule has 0 bridgehead atoms. The van der Waals surface area contributed by atoms with Crippen molar-refractivity contribution >= 4 is 60.3 Å². The molecule has 0 spiro atoms. The highest BCUT2D eigenvalue weighted by molar-refractivity contribution is 7.92. The van der Waals surface area contributed by atoms with Crippen LogP contribution in [0.1, 0.15) is 16.6 Å². The van der Waals surface area contributed by atoms with E-state index in [1.807, 2.05) is 6.07 Å². The van der Waals surface area contributed by atoms with E-state index in [0.29, 0.717) is 27.0 Å². The van der Waals surface area contributed by atoms with Gasteiger partial charge in [0.15, 0.2) is 0 Å². The van der Waals surface area contributed by atoms with Crippen molar-refractivity contribution in [3.63, 3.8) is 0 Å². The largest absolute Gasteiger partial charge is 0.497 e. The lowest BCUT2D eigenvalue weighted by molar-refractivity contribution is 0.103. The van der Waals surface area contributed by atoms with Gasteiger partial charge in [0.2, 0.25) is 0 Å². The van der Waals surface area contributed by atoms with Gasteiger partial charge >= 0.3 is 0 Å². The Morgan fingerprint density at radius 2 is 1.79 bits per heavy atom. The van der Waals surface area contributed by atoms with Gasteiger partial charge in [-0.2, -0.15) is 0 Å². The first kappa shape index (κ1) is 23.1. The van der Waals surface area contributed by atoms with Gasteiger partial charge in [0.1, 0.15) is 5.75 Å². The molecule has 0 aliphatic carbocycles. The number of ether oxygens (including phenoxy) is 1. The molecule has 0 saturated heterocycles. The average Bonchev–Trinajstić information content (AvgIpc) is 3.25. The number of thiophene rings is 1. The van der Waals surface area contributed by atoms with Gasteiger partial charge in [-0.3, -0.25) is 9.10 Å². The summed E-state index contributed by atoms with van der Waals surface area (Å²) in [5, 5.41) is 4.05. The number of carbonyl (C=O) groups is 1. The summed E-state index contributed by atoms with van der Waals surface area (Å²) < 4.78 is 33.9. The SMILES string of the molecule is CCN(c1ccc2sc(C(=O)Nc3ccccc3Cl)cc2c1)S(=O)(=O)c1ccc(OC)cc1. The Kier molecular flexibility index (Phi) is 6.60. The summed E-state index contributed by atoms with van der Waals surface area (Å²) in [4.78, 5) is 13.4. The van der Waals surface area contributed by atoms with Gasteiger partial charge in [-0.05, 0) is 73.0 Å². The Morgan fingerprint density at radius 1 is 1.06 bits per heavy atom. The standard InChI is InChI=1S/C24H21ClN2O4S2/c1-3-27(33(29,30)19-11-9-18(31-2)10-12-19)17-8-13-22-16(14-17)15-23(32-22)24(28)26-21-7-5-4-6-20(21)25/h4-15H,3H2,1-2H3,(H,26,28). The van der Waals surface area contributed by atoms with Crippen molar-refractivity contribution in [3.05, 3.63) is 82.7 Å². The van der Waals surface area contributed by atoms with Crippen LogP contribution in [0, 0.1) is 0 Å². The molecule has 3 aromatic carbocycles. The van der Waals surface area contributed by atoms with Crippen LogP contribution in [0.4, 0.5) is 11.4 Å². The van der Waals surface area contributed by atoms with Crippen molar-refractivity contribution in [2.75, 3.05) is 23.3 Å². The molecule has 0 saturated carbocycles. The average molecular weight is 501 g/mol. The highest BCUT2D eigenvalue weighted by Crippen LogP contribution is 2.33. The van der Waals surface area contributed by atoms with E-state index in [1.165, 1.54) is 34.9 Å². The molecular weight excluding hydrogens is 480 g/mol. The third-order valence-corrected chi connectivity index (χ3v) is 8.43. The predicted molar refractivity (Wildman–Crippen MR) is 134 cm³/mol. The first-order valence-corrected chi connectivity index (χ1v) is 12.7. The molecule has 0 aliphatic rings. The van der Waals surface area contributed by atoms with Crippen LogP contribution in [0.3, 0.4) is 0 Å². The van der Waals surface area contributed by atoms with Crippen molar-refractivity contribution in [1.29, 1.82) is 0 Å². The van der Waals surface area contributed by atoms with Crippen molar-refractivity contribution in [2.45, 2.75) is 11.8 Å². The Balaban J connectivity index is 1.64. The summed E-state index contributed by atoms with van der Waals surface area (Å²) >= 11 is 7.46. The third-order valence-electron chi connectivity index (χ3n) is 5.07. The first-order chi connectivity index (χ1) is 15.8. The minimum absolute atomic E-state index is 0.176. The van der Waals surface area contributed by atoms with E-state index in [-0.39, 0.29) is 17.3 Å². The van der Waals surface area contributed by atoms with E-state index in [1.54, 1.807) is 61.5 Å². The first-order valence-electron chi connectivity index (χ1n) is 10.1. The molecule has 1 heterocycles. The molecule has 0 aliphatic heterocycles. The second kappa shape index (κ2) is 9.43. The number of sulfonamides is 1. The normalized spacial score (nSPS) is 11.4. The Hall–Kier alpha value is -3.07. The van der Waals surface area contributed by atoms with Gasteiger partial charge in [-0.15, -0.1) is 11.3 Å². The topological polar surface area (TPSA) is 75.7 Å². The van der Waals surface area contributed by atoms with E-state index < -0.39 is 10.0 Å². The highest BCUT2D eigenvalue weighted by Gasteiger charge is 2.24. The zero-order valence-electron chi connectivity index (χ0n) is 17.9. The van der Waals surface area contributed by atoms with Crippen molar-refractivity contribution in [1.82, 2.24) is 0 Å². The molecule has 4 rings (SSSR count). The molecule has 9 heteroatoms. The van der Waals surface area contributed by atoms with Crippen LogP contribution in [0.2, 0.25) is 5.02 Å². The minimum Gasteiger partial charge on any atom is -0.497 e. The highest BCUT2D eigenvalue weighted by atomic mass is 35.5. The van der Waals surface area contributed by atoms with Crippen LogP contribution in [-0.4, -0.2) is 28.0 Å². The second-order valence-corrected chi connectivity index (χ2v) is 10.5. The Morgan fingerprint density at radius 3 is 2.45 bits per heavy atom. The third kappa shape index (κ3) is 4.68. The number of halogens is 1. The van der Waals surface area contributed by atoms with Crippen LogP contribution < -0.4 is 14.4 Å². The summed E-state index contributed by atoms with van der Waals surface area (Å²) in [6, 6.07) is 20.4. The van der Waals surface area contributed by atoms with Crippen molar-refractivity contribution < 1.29 is 17.9 Å². The van der Waals surface area contributed by atoms with Crippen molar-refractivity contribution in [3.8, 4) is 5.75 Å². The summed E-state index contributed by atoms with van der Waals surface area (Å²) in [6.45, 7) is 2.03. The lowest BCUT2D eigenvalue weighted by Crippen LogP contribution is -2.30. The van der Waals surface area contributed by atoms with E-state index >= 15 is 0 Å². The number of rotatable bonds is 7. The quantitative estimate of drug-likeness (QED) is 0.336. The number of para-hydroxylation sites is 1. The van der Waals surface area contributed by atoms with E-state index in [9.17, 15) is 13.2 Å². The molecule has 1 amide bonds. The molecule has 0 unspecified atom stereocenters. The number of benzene rings is 3. The zero-order chi connectivity index (χ0) is 23.6. The molecular formula is C24H21ClN2O4S2. The van der Waals surface area contributed by atoms with Crippen LogP contribution in [0.15, 0.2) is 77.7 Å². The summed E-state index contributed by atoms with van der Waals surface area (Å²) in [5.41, 5.74) is 1.06. The molecule has 0 radical (unpaired) electrons. The fourth-order valence-corrected chi connectivity index (χ4v) is 6.00. The van der Waals surface area contributed by atoms with E-state index in [2.05, 4.69) is 5.32 Å².